The van der Waals surface area contributed by atoms with Crippen molar-refractivity contribution in [1.29, 1.82) is 0 Å². The maximum absolute atomic E-state index is 5.92. The van der Waals surface area contributed by atoms with Crippen LogP contribution in [0.15, 0.2) is 54.0 Å². The van der Waals surface area contributed by atoms with E-state index in [1.165, 1.54) is 11.3 Å². The normalized spacial score (nSPS) is 17.6. The molecule has 1 saturated heterocycles. The van der Waals surface area contributed by atoms with E-state index in [9.17, 15) is 0 Å². The molecule has 1 aromatic carbocycles. The zero-order chi connectivity index (χ0) is 16.2. The fourth-order valence-electron chi connectivity index (χ4n) is 2.59. The Kier molecular flexibility index (Phi) is 4.51. The molecule has 1 aliphatic rings. The second kappa shape index (κ2) is 7.09. The molecule has 1 N–H and O–H groups in total. The fraction of sp³-hybridized carbons (Fsp3) is 0.222. The second-order valence-corrected chi connectivity index (χ2v) is 6.27. The van der Waals surface area contributed by atoms with Gasteiger partial charge < -0.3 is 14.8 Å². The zero-order valence-corrected chi connectivity index (χ0v) is 13.8. The number of nitrogens with one attached hydrogen (secondary N) is 1. The van der Waals surface area contributed by atoms with Gasteiger partial charge in [0.25, 0.3) is 5.19 Å². The molecule has 0 radical (unpaired) electrons. The Balaban J connectivity index is 1.50. The summed E-state index contributed by atoms with van der Waals surface area (Å²) < 4.78 is 11.7. The highest BCUT2D eigenvalue weighted by Gasteiger charge is 2.16. The minimum atomic E-state index is 0.0719. The smallest absolute Gasteiger partial charge is 0.279 e. The van der Waals surface area contributed by atoms with Gasteiger partial charge >= 0.3 is 0 Å². The summed E-state index contributed by atoms with van der Waals surface area (Å²) in [6.45, 7) is 2.46. The molecule has 0 amide bonds. The van der Waals surface area contributed by atoms with Crippen molar-refractivity contribution in [3.63, 3.8) is 0 Å². The van der Waals surface area contributed by atoms with Crippen molar-refractivity contribution < 1.29 is 9.47 Å². The van der Waals surface area contributed by atoms with Crippen LogP contribution in [0.5, 0.6) is 10.9 Å². The quantitative estimate of drug-likeness (QED) is 0.786. The van der Waals surface area contributed by atoms with Gasteiger partial charge in [0, 0.05) is 24.7 Å². The third kappa shape index (κ3) is 3.46. The Hall–Kier alpha value is -2.28. The van der Waals surface area contributed by atoms with Crippen LogP contribution >= 0.6 is 11.3 Å². The minimum Gasteiger partial charge on any atom is -0.431 e. The molecule has 0 unspecified atom stereocenters. The Morgan fingerprint density at radius 3 is 3.00 bits per heavy atom. The van der Waals surface area contributed by atoms with Crippen molar-refractivity contribution in [2.45, 2.75) is 6.10 Å². The van der Waals surface area contributed by atoms with E-state index < -0.39 is 0 Å². The third-order valence-electron chi connectivity index (χ3n) is 3.77. The van der Waals surface area contributed by atoms with Crippen LogP contribution in [0.1, 0.15) is 11.7 Å². The van der Waals surface area contributed by atoms with Gasteiger partial charge in [-0.25, -0.2) is 4.98 Å². The average Bonchev–Trinajstić information content (AvgIpc) is 3.12. The molecule has 4 rings (SSSR count). The molecule has 1 fully saturated rings. The number of benzene rings is 1. The van der Waals surface area contributed by atoms with Crippen molar-refractivity contribution in [2.75, 3.05) is 19.7 Å². The molecule has 0 bridgehead atoms. The van der Waals surface area contributed by atoms with E-state index in [1.807, 2.05) is 41.8 Å². The van der Waals surface area contributed by atoms with E-state index >= 15 is 0 Å². The summed E-state index contributed by atoms with van der Waals surface area (Å²) in [6, 6.07) is 13.8. The van der Waals surface area contributed by atoms with E-state index in [2.05, 4.69) is 21.4 Å². The van der Waals surface area contributed by atoms with E-state index in [0.29, 0.717) is 5.19 Å². The van der Waals surface area contributed by atoms with Crippen LogP contribution in [-0.4, -0.2) is 29.7 Å². The summed E-state index contributed by atoms with van der Waals surface area (Å²) in [7, 11) is 0. The molecule has 3 heterocycles. The van der Waals surface area contributed by atoms with Crippen molar-refractivity contribution in [2.24, 2.45) is 0 Å². The molecule has 24 heavy (non-hydrogen) atoms. The summed E-state index contributed by atoms with van der Waals surface area (Å²) in [4.78, 5) is 8.82. The van der Waals surface area contributed by atoms with Crippen molar-refractivity contribution in [3.8, 4) is 22.3 Å². The summed E-state index contributed by atoms with van der Waals surface area (Å²) in [5.74, 6) is 0.767. The molecule has 1 atom stereocenters. The van der Waals surface area contributed by atoms with Gasteiger partial charge in [-0.15, -0.1) is 0 Å². The fourth-order valence-corrected chi connectivity index (χ4v) is 3.28. The molecule has 0 spiro atoms. The number of pyridine rings is 1. The minimum absolute atomic E-state index is 0.0719. The lowest BCUT2D eigenvalue weighted by atomic mass is 10.1. The van der Waals surface area contributed by atoms with Crippen LogP contribution in [-0.2, 0) is 4.74 Å². The molecule has 1 aliphatic heterocycles. The summed E-state index contributed by atoms with van der Waals surface area (Å²) >= 11 is 1.46. The van der Waals surface area contributed by atoms with Crippen molar-refractivity contribution in [1.82, 2.24) is 15.3 Å². The van der Waals surface area contributed by atoms with Gasteiger partial charge in [-0.05, 0) is 29.8 Å². The molecule has 122 valence electrons. The van der Waals surface area contributed by atoms with Gasteiger partial charge in [0.15, 0.2) is 0 Å². The lowest BCUT2D eigenvalue weighted by Crippen LogP contribution is -2.33. The Morgan fingerprint density at radius 2 is 2.17 bits per heavy atom. The van der Waals surface area contributed by atoms with E-state index in [-0.39, 0.29) is 6.10 Å². The molecule has 0 saturated carbocycles. The Morgan fingerprint density at radius 1 is 1.17 bits per heavy atom. The molecular weight excluding hydrogens is 322 g/mol. The second-order valence-electron chi connectivity index (χ2n) is 5.45. The average molecular weight is 339 g/mol. The highest BCUT2D eigenvalue weighted by atomic mass is 32.1. The van der Waals surface area contributed by atoms with Gasteiger partial charge in [-0.3, -0.25) is 4.98 Å². The number of nitrogens with zero attached hydrogens (tertiary/aromatic N) is 2. The van der Waals surface area contributed by atoms with Crippen molar-refractivity contribution >= 4 is 11.3 Å². The topological polar surface area (TPSA) is 56.3 Å². The van der Waals surface area contributed by atoms with E-state index in [4.69, 9.17) is 9.47 Å². The van der Waals surface area contributed by atoms with Gasteiger partial charge in [-0.2, -0.15) is 0 Å². The number of thiazole rings is 1. The highest BCUT2D eigenvalue weighted by molar-refractivity contribution is 7.11. The van der Waals surface area contributed by atoms with Crippen LogP contribution in [0, 0.1) is 0 Å². The maximum Gasteiger partial charge on any atom is 0.279 e. The number of hydrogen-bond donors (Lipinski definition) is 1. The molecule has 6 heteroatoms. The van der Waals surface area contributed by atoms with Gasteiger partial charge in [-0.1, -0.05) is 29.5 Å². The third-order valence-corrected chi connectivity index (χ3v) is 4.49. The van der Waals surface area contributed by atoms with Crippen molar-refractivity contribution in [3.05, 3.63) is 59.6 Å². The van der Waals surface area contributed by atoms with E-state index in [1.54, 1.807) is 6.20 Å². The molecule has 2 aromatic heterocycles. The van der Waals surface area contributed by atoms with Crippen LogP contribution in [0.4, 0.5) is 0 Å². The maximum atomic E-state index is 5.92. The first-order valence-electron chi connectivity index (χ1n) is 7.85. The number of hydrogen-bond acceptors (Lipinski definition) is 6. The standard InChI is InChI=1S/C18H17N3O2S/c1-2-7-20-15(6-1)16-12-24-18(21-16)23-14-5-3-4-13(10-14)17-11-19-8-9-22-17/h1-7,10,12,17,19H,8-9,11H2/t17-/m0/s1. The van der Waals surface area contributed by atoms with Gasteiger partial charge in [0.2, 0.25) is 0 Å². The highest BCUT2D eigenvalue weighted by Crippen LogP contribution is 2.30. The molecular formula is C18H17N3O2S. The largest absolute Gasteiger partial charge is 0.431 e. The monoisotopic (exact) mass is 339 g/mol. The predicted octanol–water partition coefficient (Wildman–Crippen LogP) is 3.66. The summed E-state index contributed by atoms with van der Waals surface area (Å²) in [5, 5.41) is 5.90. The van der Waals surface area contributed by atoms with Gasteiger partial charge in [0.05, 0.1) is 18.4 Å². The van der Waals surface area contributed by atoms with Crippen LogP contribution < -0.4 is 10.1 Å². The predicted molar refractivity (Wildman–Crippen MR) is 93.4 cm³/mol. The van der Waals surface area contributed by atoms with Crippen LogP contribution in [0.3, 0.4) is 0 Å². The summed E-state index contributed by atoms with van der Waals surface area (Å²) in [5.41, 5.74) is 2.78. The SMILES string of the molecule is c1ccc(-c2csc(Oc3cccc([C@@H]4CNCCO4)c3)n2)nc1. The van der Waals surface area contributed by atoms with Crippen LogP contribution in [0.25, 0.3) is 11.4 Å². The Bertz CT molecular complexity index is 801. The Labute approximate surface area is 144 Å². The van der Waals surface area contributed by atoms with Crippen LogP contribution in [0.2, 0.25) is 0 Å². The zero-order valence-electron chi connectivity index (χ0n) is 13.0. The number of rotatable bonds is 4. The first kappa shape index (κ1) is 15.3. The number of aromatic nitrogens is 2. The van der Waals surface area contributed by atoms with E-state index in [0.717, 1.165) is 42.4 Å². The molecule has 0 aliphatic carbocycles. The lowest BCUT2D eigenvalue weighted by Gasteiger charge is -2.24. The summed E-state index contributed by atoms with van der Waals surface area (Å²) in [6.07, 6.45) is 1.83. The van der Waals surface area contributed by atoms with Gasteiger partial charge in [0.1, 0.15) is 11.4 Å². The molecule has 5 nitrogen and oxygen atoms in total. The number of ether oxygens (including phenoxy) is 2. The first-order valence-corrected chi connectivity index (χ1v) is 8.73. The molecule has 3 aromatic rings. The number of morpholine rings is 1. The lowest BCUT2D eigenvalue weighted by molar-refractivity contribution is 0.0276. The first-order chi connectivity index (χ1) is 11.9.